The molecule has 0 radical (unpaired) electrons. The average molecular weight is 538 g/mol. The number of amides is 1. The molecule has 13 heteroatoms. The summed E-state index contributed by atoms with van der Waals surface area (Å²) in [5.41, 5.74) is -1.10. The van der Waals surface area contributed by atoms with E-state index in [1.165, 1.54) is 4.90 Å². The summed E-state index contributed by atoms with van der Waals surface area (Å²) >= 11 is 11.1. The van der Waals surface area contributed by atoms with Gasteiger partial charge >= 0.3 is 12.4 Å². The van der Waals surface area contributed by atoms with Crippen molar-refractivity contribution in [2.24, 2.45) is 0 Å². The highest BCUT2D eigenvalue weighted by Crippen LogP contribution is 2.50. The second-order valence-electron chi connectivity index (χ2n) is 8.33. The van der Waals surface area contributed by atoms with E-state index in [1.807, 2.05) is 0 Å². The zero-order valence-electron chi connectivity index (χ0n) is 17.8. The van der Waals surface area contributed by atoms with E-state index in [2.05, 4.69) is 10.8 Å². The van der Waals surface area contributed by atoms with Gasteiger partial charge in [0.1, 0.15) is 23.1 Å². The van der Waals surface area contributed by atoms with E-state index in [-0.39, 0.29) is 24.0 Å². The van der Waals surface area contributed by atoms with Crippen molar-refractivity contribution in [1.82, 2.24) is 10.8 Å². The number of benzene rings is 2. The highest BCUT2D eigenvalue weighted by molar-refractivity contribution is 7.80. The van der Waals surface area contributed by atoms with Gasteiger partial charge < -0.3 is 10.2 Å². The van der Waals surface area contributed by atoms with E-state index >= 15 is 0 Å². The molecule has 0 aromatic heterocycles. The van der Waals surface area contributed by atoms with Crippen LogP contribution < -0.4 is 15.7 Å². The minimum absolute atomic E-state index is 0.0327. The Kier molecular flexibility index (Phi) is 6.66. The Morgan fingerprint density at radius 3 is 2.40 bits per heavy atom. The maximum Gasteiger partial charge on any atom is 0.416 e. The van der Waals surface area contributed by atoms with E-state index < -0.39 is 52.9 Å². The number of hydrogen-bond donors (Lipinski definition) is 2. The molecule has 2 unspecified atom stereocenters. The lowest BCUT2D eigenvalue weighted by molar-refractivity contribution is -0.184. The van der Waals surface area contributed by atoms with Crippen molar-refractivity contribution in [1.29, 1.82) is 0 Å². The van der Waals surface area contributed by atoms with Crippen LogP contribution in [0, 0.1) is 0 Å². The molecule has 4 rings (SSSR count). The van der Waals surface area contributed by atoms with E-state index in [0.29, 0.717) is 23.4 Å². The lowest BCUT2D eigenvalue weighted by Crippen LogP contribution is -2.45. The van der Waals surface area contributed by atoms with Gasteiger partial charge in [-0.1, -0.05) is 23.8 Å². The third kappa shape index (κ3) is 5.05. The number of nitrogens with one attached hydrogen (secondary N) is 2. The summed E-state index contributed by atoms with van der Waals surface area (Å²) in [7, 11) is 0. The van der Waals surface area contributed by atoms with Gasteiger partial charge in [-0.3, -0.25) is 9.63 Å². The number of nitrogens with zero attached hydrogens (tertiary/aromatic N) is 1. The van der Waals surface area contributed by atoms with Crippen LogP contribution in [0.25, 0.3) is 0 Å². The molecule has 188 valence electrons. The number of thiocarbonyl (C=S) groups is 1. The summed E-state index contributed by atoms with van der Waals surface area (Å²) < 4.78 is 82.7. The van der Waals surface area contributed by atoms with Gasteiger partial charge in [0.15, 0.2) is 0 Å². The minimum atomic E-state index is -4.84. The Hall–Kier alpha value is -2.57. The zero-order valence-corrected chi connectivity index (χ0v) is 19.3. The van der Waals surface area contributed by atoms with Crippen LogP contribution in [0.3, 0.4) is 0 Å². The van der Waals surface area contributed by atoms with Gasteiger partial charge in [0.25, 0.3) is 5.91 Å². The van der Waals surface area contributed by atoms with Crippen LogP contribution >= 0.6 is 23.8 Å². The monoisotopic (exact) mass is 537 g/mol. The molecule has 2 aromatic carbocycles. The van der Waals surface area contributed by atoms with Crippen LogP contribution in [0.5, 0.6) is 0 Å². The second kappa shape index (κ2) is 9.14. The van der Waals surface area contributed by atoms with Crippen LogP contribution in [0.15, 0.2) is 42.5 Å². The van der Waals surface area contributed by atoms with Crippen molar-refractivity contribution in [3.8, 4) is 0 Å². The number of hydroxylamine groups is 1. The molecule has 0 spiro atoms. The fourth-order valence-corrected chi connectivity index (χ4v) is 4.72. The van der Waals surface area contributed by atoms with Gasteiger partial charge in [0, 0.05) is 29.4 Å². The molecular formula is C22H18ClF6N3O2S. The minimum Gasteiger partial charge on any atom is -0.370 e. The number of rotatable bonds is 4. The molecule has 5 nitrogen and oxygen atoms in total. The van der Waals surface area contributed by atoms with Gasteiger partial charge in [-0.15, -0.1) is 0 Å². The van der Waals surface area contributed by atoms with Crippen molar-refractivity contribution >= 4 is 40.4 Å². The molecule has 35 heavy (non-hydrogen) atoms. The lowest BCUT2D eigenvalue weighted by Gasteiger charge is -2.33. The van der Waals surface area contributed by atoms with E-state index in [0.717, 1.165) is 6.07 Å². The number of hydrogen-bond acceptors (Lipinski definition) is 4. The average Bonchev–Trinajstić information content (AvgIpc) is 3.40. The van der Waals surface area contributed by atoms with Gasteiger partial charge in [-0.05, 0) is 54.4 Å². The van der Waals surface area contributed by atoms with Crippen LogP contribution in [-0.4, -0.2) is 42.8 Å². The summed E-state index contributed by atoms with van der Waals surface area (Å²) in [6.45, 7) is -0.519. The quantitative estimate of drug-likeness (QED) is 0.435. The Labute approximate surface area is 206 Å². The molecule has 2 aliphatic heterocycles. The Morgan fingerprint density at radius 2 is 1.83 bits per heavy atom. The molecule has 0 bridgehead atoms. The summed E-state index contributed by atoms with van der Waals surface area (Å²) in [5, 5.41) is 2.43. The number of carbonyl (C=O) groups excluding carboxylic acids is 1. The first-order valence-corrected chi connectivity index (χ1v) is 11.1. The molecule has 2 fully saturated rings. The maximum atomic E-state index is 14.3. The van der Waals surface area contributed by atoms with Gasteiger partial charge in [-0.25, -0.2) is 5.48 Å². The summed E-state index contributed by atoms with van der Waals surface area (Å²) in [5.74, 6) is -0.376. The summed E-state index contributed by atoms with van der Waals surface area (Å²) in [6.07, 6.45) is -10.1. The number of halogens is 7. The van der Waals surface area contributed by atoms with Gasteiger partial charge in [-0.2, -0.15) is 26.3 Å². The standard InChI is InChI=1S/C22H18ClF6N3O2S/c23-15-8-13(7-14(9-15)21(24,25)26)20(22(27,28)29)5-6-32(11-20)16-3-1-12(2-4-16)19(35)30-17-10-34-31-18(17)33/h1-4,7-9,17H,5-6,10-11H2,(H,30,35)(H,31,33). The molecule has 2 aromatic rings. The summed E-state index contributed by atoms with van der Waals surface area (Å²) in [6, 6.07) is 7.75. The molecule has 2 heterocycles. The molecule has 2 N–H and O–H groups in total. The smallest absolute Gasteiger partial charge is 0.370 e. The van der Waals surface area contributed by atoms with Crippen molar-refractivity contribution in [2.45, 2.75) is 30.2 Å². The third-order valence-electron chi connectivity index (χ3n) is 6.13. The first-order valence-electron chi connectivity index (χ1n) is 10.3. The predicted octanol–water partition coefficient (Wildman–Crippen LogP) is 4.76. The topological polar surface area (TPSA) is 53.6 Å². The molecule has 2 saturated heterocycles. The first-order chi connectivity index (χ1) is 16.3. The second-order valence-corrected chi connectivity index (χ2v) is 9.17. The molecule has 0 saturated carbocycles. The highest BCUT2D eigenvalue weighted by atomic mass is 35.5. The molecule has 2 atom stereocenters. The van der Waals surface area contributed by atoms with E-state index in [4.69, 9.17) is 28.7 Å². The third-order valence-corrected chi connectivity index (χ3v) is 6.70. The largest absolute Gasteiger partial charge is 0.416 e. The Bertz CT molecular complexity index is 1140. The maximum absolute atomic E-state index is 14.3. The zero-order chi connectivity index (χ0) is 25.6. The van der Waals surface area contributed by atoms with Crippen LogP contribution in [0.4, 0.5) is 32.0 Å². The first kappa shape index (κ1) is 25.5. The molecule has 1 amide bonds. The lowest BCUT2D eigenvalue weighted by atomic mass is 9.78. The van der Waals surface area contributed by atoms with Gasteiger partial charge in [0.05, 0.1) is 5.56 Å². The Balaban J connectivity index is 1.57. The molecule has 2 aliphatic rings. The van der Waals surface area contributed by atoms with Crippen molar-refractivity contribution in [3.63, 3.8) is 0 Å². The van der Waals surface area contributed by atoms with Gasteiger partial charge in [0.2, 0.25) is 0 Å². The predicted molar refractivity (Wildman–Crippen MR) is 120 cm³/mol. The molecular weight excluding hydrogens is 520 g/mol. The normalized spacial score (nSPS) is 22.9. The van der Waals surface area contributed by atoms with Crippen LogP contribution in [0.2, 0.25) is 5.02 Å². The summed E-state index contributed by atoms with van der Waals surface area (Å²) in [4.78, 5) is 18.1. The SMILES string of the molecule is O=C1NOCC1NC(=S)c1ccc(N2CCC(c3cc(Cl)cc(C(F)(F)F)c3)(C(F)(F)F)C2)cc1. The Morgan fingerprint density at radius 1 is 1.14 bits per heavy atom. The van der Waals surface area contributed by atoms with E-state index in [9.17, 15) is 31.1 Å². The van der Waals surface area contributed by atoms with Crippen molar-refractivity contribution in [3.05, 3.63) is 64.2 Å². The number of carbonyl (C=O) groups is 1. The van der Waals surface area contributed by atoms with Crippen molar-refractivity contribution in [2.75, 3.05) is 24.6 Å². The van der Waals surface area contributed by atoms with Crippen molar-refractivity contribution < 1.29 is 36.0 Å². The van der Waals surface area contributed by atoms with Crippen LogP contribution in [-0.2, 0) is 21.2 Å². The highest BCUT2D eigenvalue weighted by Gasteiger charge is 2.59. The number of anilines is 1. The fraction of sp³-hybridized carbons (Fsp3) is 0.364. The number of alkyl halides is 6. The van der Waals surface area contributed by atoms with E-state index in [1.54, 1.807) is 24.3 Å². The molecule has 0 aliphatic carbocycles. The fourth-order valence-electron chi connectivity index (χ4n) is 4.21. The van der Waals surface area contributed by atoms with Crippen LogP contribution in [0.1, 0.15) is 23.1 Å².